The van der Waals surface area contributed by atoms with Crippen LogP contribution in [0.3, 0.4) is 0 Å². The Balaban J connectivity index is 2.29. The second-order valence-corrected chi connectivity index (χ2v) is 4.46. The largest absolute Gasteiger partial charge is 0.494 e. The molecule has 110 valence electrons. The van der Waals surface area contributed by atoms with Gasteiger partial charge in [0.05, 0.1) is 31.6 Å². The summed E-state index contributed by atoms with van der Waals surface area (Å²) in [5, 5.41) is 17.2. The van der Waals surface area contributed by atoms with Crippen LogP contribution < -0.4 is 4.74 Å². The number of benzene rings is 1. The number of nitriles is 2. The lowest BCUT2D eigenvalue weighted by atomic mass is 10.2. The number of para-hydroxylation sites is 1. The van der Waals surface area contributed by atoms with E-state index in [1.807, 2.05) is 42.5 Å². The minimum atomic E-state index is -0.0304. The summed E-state index contributed by atoms with van der Waals surface area (Å²) in [6, 6.07) is 13.5. The molecule has 0 heterocycles. The molecule has 0 unspecified atom stereocenters. The summed E-state index contributed by atoms with van der Waals surface area (Å²) >= 11 is 0. The SMILES string of the molecule is N#CCCN(CCC#N)C(=O)CCCOc1ccccc1. The van der Waals surface area contributed by atoms with Crippen LogP contribution in [0, 0.1) is 22.7 Å². The van der Waals surface area contributed by atoms with E-state index >= 15 is 0 Å². The highest BCUT2D eigenvalue weighted by Gasteiger charge is 2.12. The molecule has 0 saturated heterocycles. The summed E-state index contributed by atoms with van der Waals surface area (Å²) in [6.45, 7) is 1.24. The summed E-state index contributed by atoms with van der Waals surface area (Å²) in [7, 11) is 0. The molecule has 1 aromatic rings. The third kappa shape index (κ3) is 6.98. The summed E-state index contributed by atoms with van der Waals surface area (Å²) in [6.07, 6.45) is 1.56. The van der Waals surface area contributed by atoms with Gasteiger partial charge < -0.3 is 9.64 Å². The van der Waals surface area contributed by atoms with Gasteiger partial charge in [0.25, 0.3) is 0 Å². The van der Waals surface area contributed by atoms with Crippen LogP contribution in [-0.2, 0) is 4.79 Å². The first kappa shape index (κ1) is 16.5. The first-order valence-corrected chi connectivity index (χ1v) is 6.97. The van der Waals surface area contributed by atoms with E-state index in [0.29, 0.717) is 32.5 Å². The molecule has 0 aliphatic carbocycles. The van der Waals surface area contributed by atoms with Crippen LogP contribution in [0.1, 0.15) is 25.7 Å². The standard InChI is InChI=1S/C16H19N3O2/c17-10-5-12-19(13-6-11-18)16(20)9-4-14-21-15-7-2-1-3-8-15/h1-3,7-8H,4-6,9,12-14H2. The number of rotatable bonds is 9. The van der Waals surface area contributed by atoms with E-state index in [0.717, 1.165) is 5.75 Å². The van der Waals surface area contributed by atoms with E-state index in [4.69, 9.17) is 15.3 Å². The van der Waals surface area contributed by atoms with E-state index < -0.39 is 0 Å². The molecule has 5 nitrogen and oxygen atoms in total. The summed E-state index contributed by atoms with van der Waals surface area (Å²) in [5.74, 6) is 0.757. The molecule has 1 aromatic carbocycles. The van der Waals surface area contributed by atoms with Gasteiger partial charge in [0, 0.05) is 19.5 Å². The highest BCUT2D eigenvalue weighted by molar-refractivity contribution is 5.76. The smallest absolute Gasteiger partial charge is 0.222 e. The number of hydrogen-bond donors (Lipinski definition) is 0. The summed E-state index contributed by atoms with van der Waals surface area (Å²) in [4.78, 5) is 13.6. The minimum absolute atomic E-state index is 0.0304. The predicted molar refractivity (Wildman–Crippen MR) is 78.2 cm³/mol. The Morgan fingerprint density at radius 1 is 1.10 bits per heavy atom. The Morgan fingerprint density at radius 3 is 2.29 bits per heavy atom. The van der Waals surface area contributed by atoms with Crippen LogP contribution in [0.4, 0.5) is 0 Å². The Hall–Kier alpha value is -2.53. The molecule has 0 fully saturated rings. The lowest BCUT2D eigenvalue weighted by molar-refractivity contribution is -0.131. The molecule has 0 aliphatic heterocycles. The second-order valence-electron chi connectivity index (χ2n) is 4.46. The molecular weight excluding hydrogens is 266 g/mol. The fourth-order valence-electron chi connectivity index (χ4n) is 1.82. The molecule has 0 spiro atoms. The molecule has 1 rings (SSSR count). The molecule has 0 saturated carbocycles. The molecule has 0 bridgehead atoms. The maximum Gasteiger partial charge on any atom is 0.222 e. The minimum Gasteiger partial charge on any atom is -0.494 e. The Bertz CT molecular complexity index is 484. The van der Waals surface area contributed by atoms with Crippen molar-refractivity contribution in [3.63, 3.8) is 0 Å². The average molecular weight is 285 g/mol. The molecule has 5 heteroatoms. The second kappa shape index (κ2) is 10.3. The number of nitrogens with zero attached hydrogens (tertiary/aromatic N) is 3. The Kier molecular flexibility index (Phi) is 8.09. The van der Waals surface area contributed by atoms with Crippen molar-refractivity contribution in [1.82, 2.24) is 4.90 Å². The first-order valence-electron chi connectivity index (χ1n) is 6.97. The van der Waals surface area contributed by atoms with Gasteiger partial charge in [-0.15, -0.1) is 0 Å². The van der Waals surface area contributed by atoms with Crippen molar-refractivity contribution < 1.29 is 9.53 Å². The zero-order valence-corrected chi connectivity index (χ0v) is 12.0. The van der Waals surface area contributed by atoms with Crippen LogP contribution in [-0.4, -0.2) is 30.5 Å². The molecule has 0 aliphatic rings. The van der Waals surface area contributed by atoms with Crippen molar-refractivity contribution in [1.29, 1.82) is 10.5 Å². The van der Waals surface area contributed by atoms with Crippen LogP contribution in [0.2, 0.25) is 0 Å². The number of ether oxygens (including phenoxy) is 1. The average Bonchev–Trinajstić information content (AvgIpc) is 2.52. The molecule has 0 radical (unpaired) electrons. The fourth-order valence-corrected chi connectivity index (χ4v) is 1.82. The molecule has 0 atom stereocenters. The van der Waals surface area contributed by atoms with E-state index in [2.05, 4.69) is 0 Å². The molecule has 0 N–H and O–H groups in total. The van der Waals surface area contributed by atoms with Crippen LogP contribution >= 0.6 is 0 Å². The lowest BCUT2D eigenvalue weighted by Gasteiger charge is -2.20. The monoisotopic (exact) mass is 285 g/mol. The van der Waals surface area contributed by atoms with Gasteiger partial charge in [-0.05, 0) is 18.6 Å². The third-order valence-corrected chi connectivity index (χ3v) is 2.89. The zero-order valence-electron chi connectivity index (χ0n) is 12.0. The van der Waals surface area contributed by atoms with Crippen LogP contribution in [0.5, 0.6) is 5.75 Å². The van der Waals surface area contributed by atoms with E-state index in [1.54, 1.807) is 4.90 Å². The maximum atomic E-state index is 12.0. The van der Waals surface area contributed by atoms with E-state index in [9.17, 15) is 4.79 Å². The van der Waals surface area contributed by atoms with Crippen molar-refractivity contribution in [3.8, 4) is 17.9 Å². The number of carbonyl (C=O) groups is 1. The van der Waals surface area contributed by atoms with E-state index in [-0.39, 0.29) is 18.7 Å². The summed E-state index contributed by atoms with van der Waals surface area (Å²) in [5.41, 5.74) is 0. The normalized spacial score (nSPS) is 9.43. The molecule has 0 aromatic heterocycles. The van der Waals surface area contributed by atoms with Gasteiger partial charge in [0.15, 0.2) is 0 Å². The number of amides is 1. The highest BCUT2D eigenvalue weighted by Crippen LogP contribution is 2.09. The van der Waals surface area contributed by atoms with Crippen molar-refractivity contribution in [2.45, 2.75) is 25.7 Å². The van der Waals surface area contributed by atoms with Crippen molar-refractivity contribution in [3.05, 3.63) is 30.3 Å². The van der Waals surface area contributed by atoms with Gasteiger partial charge >= 0.3 is 0 Å². The topological polar surface area (TPSA) is 77.1 Å². The van der Waals surface area contributed by atoms with Gasteiger partial charge in [-0.3, -0.25) is 4.79 Å². The van der Waals surface area contributed by atoms with Crippen molar-refractivity contribution in [2.24, 2.45) is 0 Å². The van der Waals surface area contributed by atoms with Gasteiger partial charge in [-0.2, -0.15) is 10.5 Å². The number of hydrogen-bond acceptors (Lipinski definition) is 4. The van der Waals surface area contributed by atoms with Gasteiger partial charge in [0.2, 0.25) is 5.91 Å². The molecule has 21 heavy (non-hydrogen) atoms. The van der Waals surface area contributed by atoms with E-state index in [1.165, 1.54) is 0 Å². The van der Waals surface area contributed by atoms with Gasteiger partial charge in [-0.1, -0.05) is 18.2 Å². The zero-order chi connectivity index (χ0) is 15.3. The fraction of sp³-hybridized carbons (Fsp3) is 0.438. The first-order chi connectivity index (χ1) is 10.3. The number of carbonyl (C=O) groups excluding carboxylic acids is 1. The van der Waals surface area contributed by atoms with Crippen molar-refractivity contribution >= 4 is 5.91 Å². The molecular formula is C16H19N3O2. The van der Waals surface area contributed by atoms with Crippen molar-refractivity contribution in [2.75, 3.05) is 19.7 Å². The highest BCUT2D eigenvalue weighted by atomic mass is 16.5. The van der Waals surface area contributed by atoms with Crippen LogP contribution in [0.25, 0.3) is 0 Å². The van der Waals surface area contributed by atoms with Gasteiger partial charge in [0.1, 0.15) is 5.75 Å². The summed E-state index contributed by atoms with van der Waals surface area (Å²) < 4.78 is 5.52. The third-order valence-electron chi connectivity index (χ3n) is 2.89. The lowest BCUT2D eigenvalue weighted by Crippen LogP contribution is -2.32. The molecule has 1 amide bonds. The Morgan fingerprint density at radius 2 is 1.71 bits per heavy atom. The maximum absolute atomic E-state index is 12.0. The Labute approximate surface area is 125 Å². The quantitative estimate of drug-likeness (QED) is 0.653. The predicted octanol–water partition coefficient (Wildman–Crippen LogP) is 2.50. The van der Waals surface area contributed by atoms with Gasteiger partial charge in [-0.25, -0.2) is 0 Å². The van der Waals surface area contributed by atoms with Crippen LogP contribution in [0.15, 0.2) is 30.3 Å².